The van der Waals surface area contributed by atoms with Gasteiger partial charge in [0.1, 0.15) is 23.5 Å². The molecule has 0 bridgehead atoms. The normalized spacial score (nSPS) is 23.5. The maximum absolute atomic E-state index is 13.5. The zero-order valence-corrected chi connectivity index (χ0v) is 9.15. The molecule has 2 rings (SSSR count). The molecule has 5 heteroatoms. The zero-order valence-electron chi connectivity index (χ0n) is 9.15. The number of aliphatic hydroxyl groups is 2. The average Bonchev–Trinajstić information content (AvgIpc) is 2.65. The summed E-state index contributed by atoms with van der Waals surface area (Å²) in [6.07, 6.45) is -0.481. The third-order valence-corrected chi connectivity index (χ3v) is 2.68. The molecule has 92 valence electrons. The van der Waals surface area contributed by atoms with Gasteiger partial charge in [0.2, 0.25) is 0 Å². The summed E-state index contributed by atoms with van der Waals surface area (Å²) < 4.78 is 31.8. The lowest BCUT2D eigenvalue weighted by Gasteiger charge is -2.13. The van der Waals surface area contributed by atoms with Crippen LogP contribution in [0.25, 0.3) is 5.76 Å². The van der Waals surface area contributed by atoms with Crippen LogP contribution >= 0.6 is 0 Å². The number of aliphatic hydroxyl groups excluding tert-OH is 2. The maximum Gasteiger partial charge on any atom is 0.151 e. The number of ether oxygens (including phenoxy) is 1. The Bertz CT molecular complexity index is 471. The van der Waals surface area contributed by atoms with Gasteiger partial charge in [-0.1, -0.05) is 0 Å². The van der Waals surface area contributed by atoms with Crippen molar-refractivity contribution in [2.45, 2.75) is 19.1 Å². The van der Waals surface area contributed by atoms with Crippen LogP contribution in [0.5, 0.6) is 0 Å². The molecule has 0 radical (unpaired) electrons. The van der Waals surface area contributed by atoms with E-state index in [0.29, 0.717) is 0 Å². The van der Waals surface area contributed by atoms with Crippen LogP contribution in [-0.2, 0) is 4.74 Å². The van der Waals surface area contributed by atoms with E-state index in [1.54, 1.807) is 0 Å². The lowest BCUT2D eigenvalue weighted by Crippen LogP contribution is -2.25. The van der Waals surface area contributed by atoms with E-state index < -0.39 is 23.8 Å². The van der Waals surface area contributed by atoms with E-state index in [4.69, 9.17) is 9.84 Å². The molecule has 1 aromatic rings. The van der Waals surface area contributed by atoms with E-state index in [-0.39, 0.29) is 23.5 Å². The number of hydrogen-bond donors (Lipinski definition) is 2. The van der Waals surface area contributed by atoms with Gasteiger partial charge in [0.15, 0.2) is 6.10 Å². The first-order valence-corrected chi connectivity index (χ1v) is 5.16. The molecule has 1 heterocycles. The van der Waals surface area contributed by atoms with Crippen LogP contribution in [-0.4, -0.2) is 29.0 Å². The van der Waals surface area contributed by atoms with Crippen molar-refractivity contribution < 1.29 is 23.7 Å². The van der Waals surface area contributed by atoms with Crippen molar-refractivity contribution in [3.8, 4) is 0 Å². The number of rotatable bonds is 2. The smallest absolute Gasteiger partial charge is 0.151 e. The minimum atomic E-state index is -0.986. The summed E-state index contributed by atoms with van der Waals surface area (Å²) in [5.41, 5.74) is 0.367. The molecule has 3 nitrogen and oxygen atoms in total. The Balaban J connectivity index is 2.36. The highest BCUT2D eigenvalue weighted by Gasteiger charge is 2.29. The van der Waals surface area contributed by atoms with E-state index in [0.717, 1.165) is 6.07 Å². The molecule has 17 heavy (non-hydrogen) atoms. The predicted molar refractivity (Wildman–Crippen MR) is 57.0 cm³/mol. The molecule has 1 aliphatic rings. The van der Waals surface area contributed by atoms with Crippen molar-refractivity contribution in [3.63, 3.8) is 0 Å². The lowest BCUT2D eigenvalue weighted by molar-refractivity contribution is 0.0291. The first-order valence-electron chi connectivity index (χ1n) is 5.16. The van der Waals surface area contributed by atoms with Crippen LogP contribution < -0.4 is 0 Å². The topological polar surface area (TPSA) is 49.7 Å². The Labute approximate surface area is 97.0 Å². The van der Waals surface area contributed by atoms with Crippen LogP contribution in [0, 0.1) is 18.6 Å². The molecule has 0 aliphatic carbocycles. The largest absolute Gasteiger partial charge is 0.484 e. The first kappa shape index (κ1) is 12.0. The van der Waals surface area contributed by atoms with Crippen molar-refractivity contribution in [3.05, 3.63) is 41.0 Å². The minimum absolute atomic E-state index is 0.0823. The third-order valence-electron chi connectivity index (χ3n) is 2.68. The summed E-state index contributed by atoms with van der Waals surface area (Å²) in [7, 11) is 0. The van der Waals surface area contributed by atoms with Crippen molar-refractivity contribution in [2.75, 3.05) is 6.61 Å². The Morgan fingerprint density at radius 2 is 2.00 bits per heavy atom. The van der Waals surface area contributed by atoms with Gasteiger partial charge in [0.25, 0.3) is 0 Å². The zero-order chi connectivity index (χ0) is 12.6. The second-order valence-electron chi connectivity index (χ2n) is 3.94. The summed E-state index contributed by atoms with van der Waals surface area (Å²) in [6, 6.07) is 2.08. The van der Waals surface area contributed by atoms with E-state index in [2.05, 4.69) is 0 Å². The van der Waals surface area contributed by atoms with Crippen LogP contribution in [0.2, 0.25) is 0 Å². The fourth-order valence-electron chi connectivity index (χ4n) is 1.68. The third kappa shape index (κ3) is 2.16. The predicted octanol–water partition coefficient (Wildman–Crippen LogP) is 1.37. The standard InChI is InChI=1S/C12H12F2O3/c1-6-2-7(9(14)3-8(6)13)11-4-10(16)12(5-15)17-11/h2-4,10,12,15-16H,5H2,1H3/t10?,12-/m1/s1. The molecule has 1 aromatic carbocycles. The molecule has 0 aromatic heterocycles. The summed E-state index contributed by atoms with van der Waals surface area (Å²) in [4.78, 5) is 0. The van der Waals surface area contributed by atoms with Crippen LogP contribution in [0.3, 0.4) is 0 Å². The van der Waals surface area contributed by atoms with Gasteiger partial charge in [0.05, 0.1) is 12.2 Å². The fraction of sp³-hybridized carbons (Fsp3) is 0.333. The maximum atomic E-state index is 13.5. The molecule has 2 N–H and O–H groups in total. The Kier molecular flexibility index (Phi) is 3.13. The van der Waals surface area contributed by atoms with Crippen molar-refractivity contribution in [1.29, 1.82) is 0 Å². The quantitative estimate of drug-likeness (QED) is 0.823. The van der Waals surface area contributed by atoms with Crippen molar-refractivity contribution in [1.82, 2.24) is 0 Å². The van der Waals surface area contributed by atoms with Gasteiger partial charge in [-0.05, 0) is 24.6 Å². The SMILES string of the molecule is Cc1cc(C2=CC(O)[C@@H](CO)O2)c(F)cc1F. The molecule has 0 spiro atoms. The van der Waals surface area contributed by atoms with Crippen LogP contribution in [0.4, 0.5) is 8.78 Å². The molecule has 0 fully saturated rings. The molecule has 0 saturated carbocycles. The van der Waals surface area contributed by atoms with Crippen LogP contribution in [0.15, 0.2) is 18.2 Å². The summed E-state index contributed by atoms with van der Waals surface area (Å²) in [6.45, 7) is 1.14. The number of aryl methyl sites for hydroxylation is 1. The highest BCUT2D eigenvalue weighted by atomic mass is 19.1. The van der Waals surface area contributed by atoms with E-state index in [1.165, 1.54) is 19.1 Å². The van der Waals surface area contributed by atoms with Gasteiger partial charge in [-0.15, -0.1) is 0 Å². The van der Waals surface area contributed by atoms with Gasteiger partial charge in [-0.3, -0.25) is 0 Å². The second kappa shape index (κ2) is 4.43. The van der Waals surface area contributed by atoms with Gasteiger partial charge < -0.3 is 14.9 Å². The first-order chi connectivity index (χ1) is 8.02. The Morgan fingerprint density at radius 1 is 1.29 bits per heavy atom. The van der Waals surface area contributed by atoms with Crippen molar-refractivity contribution in [2.24, 2.45) is 0 Å². The molecular weight excluding hydrogens is 230 g/mol. The fourth-order valence-corrected chi connectivity index (χ4v) is 1.68. The van der Waals surface area contributed by atoms with E-state index in [9.17, 15) is 13.9 Å². The molecule has 2 atom stereocenters. The summed E-state index contributed by atoms with van der Waals surface area (Å²) >= 11 is 0. The number of hydrogen-bond acceptors (Lipinski definition) is 3. The molecule has 0 saturated heterocycles. The number of benzene rings is 1. The van der Waals surface area contributed by atoms with E-state index >= 15 is 0 Å². The van der Waals surface area contributed by atoms with Crippen LogP contribution in [0.1, 0.15) is 11.1 Å². The van der Waals surface area contributed by atoms with Gasteiger partial charge in [-0.25, -0.2) is 8.78 Å². The van der Waals surface area contributed by atoms with E-state index in [1.807, 2.05) is 0 Å². The monoisotopic (exact) mass is 242 g/mol. The van der Waals surface area contributed by atoms with Gasteiger partial charge in [0, 0.05) is 6.07 Å². The Morgan fingerprint density at radius 3 is 2.59 bits per heavy atom. The summed E-state index contributed by atoms with van der Waals surface area (Å²) in [5, 5.41) is 18.4. The lowest BCUT2D eigenvalue weighted by atomic mass is 10.1. The molecule has 1 unspecified atom stereocenters. The highest BCUT2D eigenvalue weighted by molar-refractivity contribution is 5.63. The minimum Gasteiger partial charge on any atom is -0.484 e. The summed E-state index contributed by atoms with van der Waals surface area (Å²) in [5.74, 6) is -1.27. The molecule has 1 aliphatic heterocycles. The molecule has 0 amide bonds. The molecular formula is C12H12F2O3. The van der Waals surface area contributed by atoms with Crippen molar-refractivity contribution >= 4 is 5.76 Å². The number of halogens is 2. The highest BCUT2D eigenvalue weighted by Crippen LogP contribution is 2.29. The van der Waals surface area contributed by atoms with Gasteiger partial charge in [-0.2, -0.15) is 0 Å². The van der Waals surface area contributed by atoms with Gasteiger partial charge >= 0.3 is 0 Å². The Hall–Kier alpha value is -1.46. The second-order valence-corrected chi connectivity index (χ2v) is 3.94. The average molecular weight is 242 g/mol.